The topological polar surface area (TPSA) is 20.2 Å². The summed E-state index contributed by atoms with van der Waals surface area (Å²) in [5.41, 5.74) is 0.535. The lowest BCUT2D eigenvalue weighted by atomic mass is 9.98. The molecule has 80 valence electrons. The molecule has 0 amide bonds. The standard InChI is InChI=1S/C12H13ClOS/c1-12(2,14)6-8-7-15-11-5-9(13)3-4-10(8)11/h3-5,7,14H,6H2,1-2H3. The van der Waals surface area contributed by atoms with E-state index in [4.69, 9.17) is 11.6 Å². The fraction of sp³-hybridized carbons (Fsp3) is 0.333. The molecule has 15 heavy (non-hydrogen) atoms. The van der Waals surface area contributed by atoms with Crippen LogP contribution < -0.4 is 0 Å². The second kappa shape index (κ2) is 3.78. The fourth-order valence-electron chi connectivity index (χ4n) is 1.66. The van der Waals surface area contributed by atoms with Gasteiger partial charge in [0.2, 0.25) is 0 Å². The Bertz CT molecular complexity index is 482. The van der Waals surface area contributed by atoms with E-state index in [1.165, 1.54) is 15.6 Å². The molecule has 0 aliphatic carbocycles. The van der Waals surface area contributed by atoms with Gasteiger partial charge in [-0.05, 0) is 42.3 Å². The van der Waals surface area contributed by atoms with E-state index in [1.54, 1.807) is 11.3 Å². The first-order chi connectivity index (χ1) is 6.96. The van der Waals surface area contributed by atoms with Crippen molar-refractivity contribution in [1.29, 1.82) is 0 Å². The molecule has 0 saturated carbocycles. The average Bonchev–Trinajstić information content (AvgIpc) is 2.45. The van der Waals surface area contributed by atoms with Crippen molar-refractivity contribution >= 4 is 33.0 Å². The van der Waals surface area contributed by atoms with E-state index in [0.717, 1.165) is 5.02 Å². The highest BCUT2D eigenvalue weighted by Gasteiger charge is 2.16. The summed E-state index contributed by atoms with van der Waals surface area (Å²) < 4.78 is 1.18. The third kappa shape index (κ3) is 2.51. The number of halogens is 1. The number of benzene rings is 1. The average molecular weight is 241 g/mol. The normalized spacial score (nSPS) is 12.3. The predicted molar refractivity (Wildman–Crippen MR) is 66.8 cm³/mol. The van der Waals surface area contributed by atoms with Crippen molar-refractivity contribution in [1.82, 2.24) is 0 Å². The number of fused-ring (bicyclic) bond motifs is 1. The zero-order valence-corrected chi connectivity index (χ0v) is 10.3. The lowest BCUT2D eigenvalue weighted by Crippen LogP contribution is -2.21. The van der Waals surface area contributed by atoms with Gasteiger partial charge in [-0.25, -0.2) is 0 Å². The minimum absolute atomic E-state index is 0.659. The monoisotopic (exact) mass is 240 g/mol. The Morgan fingerprint density at radius 2 is 2.13 bits per heavy atom. The molecule has 0 fully saturated rings. The van der Waals surface area contributed by atoms with Crippen molar-refractivity contribution < 1.29 is 5.11 Å². The molecule has 0 spiro atoms. The van der Waals surface area contributed by atoms with Crippen molar-refractivity contribution in [2.24, 2.45) is 0 Å². The van der Waals surface area contributed by atoms with Crippen LogP contribution in [0.15, 0.2) is 23.6 Å². The van der Waals surface area contributed by atoms with E-state index in [-0.39, 0.29) is 0 Å². The lowest BCUT2D eigenvalue weighted by Gasteiger charge is -2.16. The molecule has 0 aliphatic heterocycles. The minimum atomic E-state index is -0.659. The molecule has 1 aromatic heterocycles. The zero-order valence-electron chi connectivity index (χ0n) is 8.75. The van der Waals surface area contributed by atoms with E-state index >= 15 is 0 Å². The van der Waals surface area contributed by atoms with Crippen molar-refractivity contribution in [2.75, 3.05) is 0 Å². The first kappa shape index (κ1) is 10.9. The molecule has 1 nitrogen and oxygen atoms in total. The van der Waals surface area contributed by atoms with E-state index in [2.05, 4.69) is 5.38 Å². The minimum Gasteiger partial charge on any atom is -0.390 e. The van der Waals surface area contributed by atoms with Gasteiger partial charge in [0.05, 0.1) is 5.60 Å². The Balaban J connectivity index is 2.45. The highest BCUT2D eigenvalue weighted by molar-refractivity contribution is 7.17. The fourth-order valence-corrected chi connectivity index (χ4v) is 2.90. The maximum absolute atomic E-state index is 9.78. The molecule has 0 radical (unpaired) electrons. The summed E-state index contributed by atoms with van der Waals surface area (Å²) in [6.07, 6.45) is 0.675. The van der Waals surface area contributed by atoms with Gasteiger partial charge in [0.1, 0.15) is 0 Å². The first-order valence-electron chi connectivity index (χ1n) is 4.84. The van der Waals surface area contributed by atoms with Gasteiger partial charge in [-0.3, -0.25) is 0 Å². The summed E-state index contributed by atoms with van der Waals surface area (Å²) in [7, 11) is 0. The van der Waals surface area contributed by atoms with Crippen molar-refractivity contribution in [3.05, 3.63) is 34.2 Å². The lowest BCUT2D eigenvalue weighted by molar-refractivity contribution is 0.0814. The molecule has 0 saturated heterocycles. The highest BCUT2D eigenvalue weighted by Crippen LogP contribution is 2.30. The van der Waals surface area contributed by atoms with Crippen molar-refractivity contribution in [3.63, 3.8) is 0 Å². The van der Waals surface area contributed by atoms with Crippen LogP contribution in [0.2, 0.25) is 5.02 Å². The van der Waals surface area contributed by atoms with Gasteiger partial charge in [0.25, 0.3) is 0 Å². The molecule has 2 rings (SSSR count). The summed E-state index contributed by atoms with van der Waals surface area (Å²) in [5, 5.41) is 13.8. The van der Waals surface area contributed by atoms with Gasteiger partial charge in [0, 0.05) is 16.1 Å². The van der Waals surface area contributed by atoms with E-state index in [9.17, 15) is 5.11 Å². The van der Waals surface area contributed by atoms with Crippen LogP contribution in [0.5, 0.6) is 0 Å². The van der Waals surface area contributed by atoms with Crippen LogP contribution >= 0.6 is 22.9 Å². The van der Waals surface area contributed by atoms with Gasteiger partial charge in [-0.1, -0.05) is 17.7 Å². The molecule has 3 heteroatoms. The predicted octanol–water partition coefficient (Wildman–Crippen LogP) is 3.87. The Morgan fingerprint density at radius 1 is 1.40 bits per heavy atom. The first-order valence-corrected chi connectivity index (χ1v) is 6.09. The molecule has 2 aromatic rings. The number of hydrogen-bond donors (Lipinski definition) is 1. The summed E-state index contributed by atoms with van der Waals surface area (Å²) in [5.74, 6) is 0. The van der Waals surface area contributed by atoms with Gasteiger partial charge in [0.15, 0.2) is 0 Å². The summed E-state index contributed by atoms with van der Waals surface area (Å²) in [6.45, 7) is 3.65. The number of hydrogen-bond acceptors (Lipinski definition) is 2. The van der Waals surface area contributed by atoms with E-state index in [0.29, 0.717) is 6.42 Å². The molecule has 0 aliphatic rings. The van der Waals surface area contributed by atoms with Crippen LogP contribution in [0.3, 0.4) is 0 Å². The number of rotatable bonds is 2. The van der Waals surface area contributed by atoms with Crippen LogP contribution in [0.4, 0.5) is 0 Å². The quantitative estimate of drug-likeness (QED) is 0.845. The summed E-state index contributed by atoms with van der Waals surface area (Å²) in [6, 6.07) is 5.88. The van der Waals surface area contributed by atoms with Crippen LogP contribution in [0.25, 0.3) is 10.1 Å². The van der Waals surface area contributed by atoms with Crippen molar-refractivity contribution in [2.45, 2.75) is 25.9 Å². The second-order valence-electron chi connectivity index (χ2n) is 4.39. The summed E-state index contributed by atoms with van der Waals surface area (Å²) >= 11 is 7.59. The van der Waals surface area contributed by atoms with E-state index < -0.39 is 5.60 Å². The zero-order chi connectivity index (χ0) is 11.1. The van der Waals surface area contributed by atoms with Gasteiger partial charge < -0.3 is 5.11 Å². The van der Waals surface area contributed by atoms with Crippen LogP contribution in [-0.2, 0) is 6.42 Å². The third-order valence-corrected chi connectivity index (χ3v) is 3.47. The molecule has 0 atom stereocenters. The maximum Gasteiger partial charge on any atom is 0.0632 e. The van der Waals surface area contributed by atoms with Gasteiger partial charge in [-0.15, -0.1) is 11.3 Å². The molecule has 1 N–H and O–H groups in total. The Kier molecular flexibility index (Phi) is 2.75. The molecular weight excluding hydrogens is 228 g/mol. The Labute approximate surface area is 98.3 Å². The summed E-state index contributed by atoms with van der Waals surface area (Å²) in [4.78, 5) is 0. The highest BCUT2D eigenvalue weighted by atomic mass is 35.5. The van der Waals surface area contributed by atoms with Crippen molar-refractivity contribution in [3.8, 4) is 0 Å². The largest absolute Gasteiger partial charge is 0.390 e. The molecule has 1 heterocycles. The van der Waals surface area contributed by atoms with Crippen LogP contribution in [0.1, 0.15) is 19.4 Å². The van der Waals surface area contributed by atoms with Gasteiger partial charge in [-0.2, -0.15) is 0 Å². The van der Waals surface area contributed by atoms with E-state index in [1.807, 2.05) is 32.0 Å². The Hall–Kier alpha value is -0.570. The number of thiophene rings is 1. The van der Waals surface area contributed by atoms with Gasteiger partial charge >= 0.3 is 0 Å². The van der Waals surface area contributed by atoms with Crippen LogP contribution in [0, 0.1) is 0 Å². The molecule has 0 bridgehead atoms. The van der Waals surface area contributed by atoms with Crippen LogP contribution in [-0.4, -0.2) is 10.7 Å². The molecule has 0 unspecified atom stereocenters. The number of aliphatic hydroxyl groups is 1. The molecular formula is C12H13ClOS. The maximum atomic E-state index is 9.78. The Morgan fingerprint density at radius 3 is 2.80 bits per heavy atom. The second-order valence-corrected chi connectivity index (χ2v) is 5.74. The third-order valence-electron chi connectivity index (χ3n) is 2.24. The smallest absolute Gasteiger partial charge is 0.0632 e. The SMILES string of the molecule is CC(C)(O)Cc1csc2cc(Cl)ccc12. The molecule has 1 aromatic carbocycles.